The molecule has 144 valence electrons. The number of hydrogen-bond acceptors (Lipinski definition) is 2. The number of amides is 1. The van der Waals surface area contributed by atoms with Crippen LogP contribution in [0.3, 0.4) is 0 Å². The van der Waals surface area contributed by atoms with E-state index in [1.807, 2.05) is 0 Å². The summed E-state index contributed by atoms with van der Waals surface area (Å²) in [5.74, 6) is -0.810. The first-order valence-corrected chi connectivity index (χ1v) is 7.41. The van der Waals surface area contributed by atoms with Gasteiger partial charge in [0.25, 0.3) is 5.91 Å². The Labute approximate surface area is 150 Å². The highest BCUT2D eigenvalue weighted by Gasteiger charge is 2.31. The molecule has 0 aromatic heterocycles. The number of carbonyl (C=O) groups is 1. The minimum Gasteiger partial charge on any atom is -0.497 e. The number of hydrogen-bond donors (Lipinski definition) is 1. The second kappa shape index (κ2) is 7.73. The molecule has 0 spiro atoms. The Hall–Kier alpha value is -2.97. The minimum absolute atomic E-state index is 0.0526. The predicted octanol–water partition coefficient (Wildman–Crippen LogP) is 5.54. The number of allylic oxidation sites excluding steroid dienone is 1. The summed E-state index contributed by atoms with van der Waals surface area (Å²) in [7, 11) is 1.19. The van der Waals surface area contributed by atoms with E-state index >= 15 is 0 Å². The molecule has 0 unspecified atom stereocenters. The molecule has 9 heteroatoms. The van der Waals surface area contributed by atoms with Crippen LogP contribution in [0.2, 0.25) is 0 Å². The molecule has 3 nitrogen and oxygen atoms in total. The molecule has 2 aromatic rings. The highest BCUT2D eigenvalue weighted by Crippen LogP contribution is 2.34. The second-order valence-corrected chi connectivity index (χ2v) is 5.40. The second-order valence-electron chi connectivity index (χ2n) is 5.40. The molecule has 0 radical (unpaired) electrons. The van der Waals surface area contributed by atoms with Crippen molar-refractivity contribution in [1.29, 1.82) is 0 Å². The molecule has 0 aliphatic heterocycles. The van der Waals surface area contributed by atoms with Crippen molar-refractivity contribution in [3.8, 4) is 5.75 Å². The summed E-state index contributed by atoms with van der Waals surface area (Å²) >= 11 is 0. The van der Waals surface area contributed by atoms with Gasteiger partial charge in [-0.15, -0.1) is 0 Å². The molecule has 0 bridgehead atoms. The van der Waals surface area contributed by atoms with Crippen LogP contribution in [0.25, 0.3) is 6.08 Å². The highest BCUT2D eigenvalue weighted by atomic mass is 19.4. The molecule has 27 heavy (non-hydrogen) atoms. The zero-order chi connectivity index (χ0) is 20.2. The minimum atomic E-state index is -4.62. The van der Waals surface area contributed by atoms with Gasteiger partial charge in [-0.05, 0) is 29.8 Å². The van der Waals surface area contributed by atoms with Crippen molar-refractivity contribution < 1.29 is 35.9 Å². The van der Waals surface area contributed by atoms with E-state index in [0.717, 1.165) is 18.2 Å². The third-order valence-electron chi connectivity index (χ3n) is 3.37. The molecule has 1 amide bonds. The molecule has 0 saturated heterocycles. The summed E-state index contributed by atoms with van der Waals surface area (Å²) < 4.78 is 79.9. The highest BCUT2D eigenvalue weighted by molar-refractivity contribution is 6.04. The number of anilines is 1. The normalized spacial score (nSPS) is 12.3. The fraction of sp³-hybridized carbons (Fsp3) is 0.167. The third kappa shape index (κ3) is 6.05. The molecule has 2 aromatic carbocycles. The van der Waals surface area contributed by atoms with Gasteiger partial charge in [0.1, 0.15) is 5.75 Å². The van der Waals surface area contributed by atoms with E-state index in [1.54, 1.807) is 0 Å². The van der Waals surface area contributed by atoms with Gasteiger partial charge in [0, 0.05) is 23.4 Å². The topological polar surface area (TPSA) is 38.3 Å². The number of halogens is 6. The van der Waals surface area contributed by atoms with E-state index < -0.39 is 23.8 Å². The van der Waals surface area contributed by atoms with Gasteiger partial charge < -0.3 is 10.1 Å². The quantitative estimate of drug-likeness (QED) is 0.697. The molecular weight excluding hydrogens is 376 g/mol. The summed E-state index contributed by atoms with van der Waals surface area (Å²) in [5.41, 5.74) is -0.849. The van der Waals surface area contributed by atoms with E-state index in [-0.39, 0.29) is 28.6 Å². The summed E-state index contributed by atoms with van der Waals surface area (Å²) in [6, 6.07) is 7.84. The first-order valence-electron chi connectivity index (χ1n) is 7.41. The summed E-state index contributed by atoms with van der Waals surface area (Å²) in [5, 5.41) is 2.30. The van der Waals surface area contributed by atoms with Gasteiger partial charge >= 0.3 is 12.4 Å². The van der Waals surface area contributed by atoms with Gasteiger partial charge in [0.15, 0.2) is 0 Å². The number of benzene rings is 2. The van der Waals surface area contributed by atoms with E-state index in [1.165, 1.54) is 37.4 Å². The van der Waals surface area contributed by atoms with Crippen LogP contribution < -0.4 is 10.1 Å². The molecular formula is C18H13F6NO2. The third-order valence-corrected chi connectivity index (χ3v) is 3.37. The van der Waals surface area contributed by atoms with Crippen molar-refractivity contribution in [3.05, 3.63) is 65.2 Å². The van der Waals surface area contributed by atoms with Crippen molar-refractivity contribution in [2.24, 2.45) is 0 Å². The number of ether oxygens (including phenoxy) is 1. The van der Waals surface area contributed by atoms with Gasteiger partial charge in [-0.25, -0.2) is 0 Å². The Morgan fingerprint density at radius 3 is 2.15 bits per heavy atom. The van der Waals surface area contributed by atoms with E-state index in [2.05, 4.69) is 5.32 Å². The van der Waals surface area contributed by atoms with Crippen LogP contribution in [-0.4, -0.2) is 19.2 Å². The first kappa shape index (κ1) is 20.3. The number of nitrogens with one attached hydrogen (secondary N) is 1. The number of carbonyl (C=O) groups excluding carboxylic acids is 1. The van der Waals surface area contributed by atoms with Gasteiger partial charge in [-0.2, -0.15) is 26.3 Å². The zero-order valence-corrected chi connectivity index (χ0v) is 13.8. The maximum Gasteiger partial charge on any atom is 0.416 e. The van der Waals surface area contributed by atoms with E-state index in [0.29, 0.717) is 0 Å². The monoisotopic (exact) mass is 389 g/mol. The molecule has 2 rings (SSSR count). The lowest BCUT2D eigenvalue weighted by Crippen LogP contribution is -2.13. The van der Waals surface area contributed by atoms with Crippen molar-refractivity contribution >= 4 is 17.7 Å². The maximum absolute atomic E-state index is 12.9. The lowest BCUT2D eigenvalue weighted by molar-refractivity contribution is -0.137. The van der Waals surface area contributed by atoms with Crippen LogP contribution in [-0.2, 0) is 6.18 Å². The zero-order valence-electron chi connectivity index (χ0n) is 13.8. The largest absolute Gasteiger partial charge is 0.497 e. The molecule has 1 N–H and O–H groups in total. The van der Waals surface area contributed by atoms with Gasteiger partial charge in [0.05, 0.1) is 12.7 Å². The standard InChI is InChI=1S/C18H13F6NO2/c1-27-15-9-13(18(22,23)24)8-14(10-15)25-16(26)12-4-2-11(3-5-12)6-7-17(19,20)21/h2-10H,1H3,(H,25,26). The Balaban J connectivity index is 2.19. The first-order chi connectivity index (χ1) is 12.5. The smallest absolute Gasteiger partial charge is 0.416 e. The Morgan fingerprint density at radius 2 is 1.63 bits per heavy atom. The van der Waals surface area contributed by atoms with E-state index in [9.17, 15) is 31.1 Å². The van der Waals surface area contributed by atoms with Crippen molar-refractivity contribution in [3.63, 3.8) is 0 Å². The maximum atomic E-state index is 12.9. The van der Waals surface area contributed by atoms with Crippen LogP contribution in [0.5, 0.6) is 5.75 Å². The number of methoxy groups -OCH3 is 1. The number of rotatable bonds is 4. The van der Waals surface area contributed by atoms with Crippen molar-refractivity contribution in [1.82, 2.24) is 0 Å². The van der Waals surface area contributed by atoms with Crippen LogP contribution in [0, 0.1) is 0 Å². The molecule has 0 atom stereocenters. The van der Waals surface area contributed by atoms with Crippen LogP contribution in [0.1, 0.15) is 21.5 Å². The summed E-state index contributed by atoms with van der Waals surface area (Å²) in [6.45, 7) is 0. The Kier molecular flexibility index (Phi) is 5.82. The molecule has 0 aliphatic carbocycles. The molecule has 0 fully saturated rings. The number of alkyl halides is 6. The lowest BCUT2D eigenvalue weighted by atomic mass is 10.1. The average Bonchev–Trinajstić information content (AvgIpc) is 2.58. The molecule has 0 heterocycles. The van der Waals surface area contributed by atoms with Crippen LogP contribution in [0.15, 0.2) is 48.5 Å². The predicted molar refractivity (Wildman–Crippen MR) is 87.5 cm³/mol. The van der Waals surface area contributed by atoms with E-state index in [4.69, 9.17) is 4.74 Å². The van der Waals surface area contributed by atoms with Gasteiger partial charge in [0.2, 0.25) is 0 Å². The SMILES string of the molecule is COc1cc(NC(=O)c2ccc(C=CC(F)(F)F)cc2)cc(C(F)(F)F)c1. The van der Waals surface area contributed by atoms with Crippen molar-refractivity contribution in [2.45, 2.75) is 12.4 Å². The Bertz CT molecular complexity index is 838. The van der Waals surface area contributed by atoms with Gasteiger partial charge in [-0.3, -0.25) is 4.79 Å². The summed E-state index contributed by atoms with van der Waals surface area (Å²) in [4.78, 5) is 12.2. The fourth-order valence-corrected chi connectivity index (χ4v) is 2.09. The van der Waals surface area contributed by atoms with Crippen LogP contribution >= 0.6 is 0 Å². The molecule has 0 saturated carbocycles. The summed E-state index contributed by atoms with van der Waals surface area (Å²) in [6.07, 6.45) is -8.20. The Morgan fingerprint density at radius 1 is 1.00 bits per heavy atom. The average molecular weight is 389 g/mol. The van der Waals surface area contributed by atoms with Crippen LogP contribution in [0.4, 0.5) is 32.0 Å². The lowest BCUT2D eigenvalue weighted by Gasteiger charge is -2.12. The molecule has 0 aliphatic rings. The van der Waals surface area contributed by atoms with Crippen molar-refractivity contribution in [2.75, 3.05) is 12.4 Å². The van der Waals surface area contributed by atoms with Gasteiger partial charge in [-0.1, -0.05) is 18.2 Å². The fourth-order valence-electron chi connectivity index (χ4n) is 2.09.